The average molecular weight is 261 g/mol. The molecule has 1 fully saturated rings. The molecule has 1 aliphatic heterocycles. The Hall–Kier alpha value is -0.900. The highest BCUT2D eigenvalue weighted by Crippen LogP contribution is 2.21. The lowest BCUT2D eigenvalue weighted by molar-refractivity contribution is 0.167. The van der Waals surface area contributed by atoms with E-state index in [0.29, 0.717) is 12.1 Å². The highest BCUT2D eigenvalue weighted by atomic mass is 15.2. The predicted molar refractivity (Wildman–Crippen MR) is 81.5 cm³/mol. The van der Waals surface area contributed by atoms with E-state index in [1.165, 1.54) is 30.6 Å². The summed E-state index contributed by atoms with van der Waals surface area (Å²) in [6, 6.07) is 9.93. The highest BCUT2D eigenvalue weighted by molar-refractivity contribution is 5.25. The molecule has 0 aromatic heterocycles. The summed E-state index contributed by atoms with van der Waals surface area (Å²) in [5.41, 5.74) is 2.75. The van der Waals surface area contributed by atoms with Gasteiger partial charge in [-0.25, -0.2) is 0 Å². The molecule has 1 aromatic rings. The van der Waals surface area contributed by atoms with Crippen molar-refractivity contribution in [1.82, 2.24) is 15.5 Å². The van der Waals surface area contributed by atoms with Crippen LogP contribution in [0.15, 0.2) is 24.3 Å². The van der Waals surface area contributed by atoms with Crippen molar-refractivity contribution in [3.8, 4) is 0 Å². The van der Waals surface area contributed by atoms with Crippen molar-refractivity contribution in [2.75, 3.05) is 33.2 Å². The minimum Gasteiger partial charge on any atom is -0.314 e. The molecule has 2 N–H and O–H groups in total. The Morgan fingerprint density at radius 2 is 2.05 bits per heavy atom. The van der Waals surface area contributed by atoms with Gasteiger partial charge in [0.25, 0.3) is 0 Å². The molecule has 106 valence electrons. The van der Waals surface area contributed by atoms with Crippen molar-refractivity contribution >= 4 is 0 Å². The van der Waals surface area contributed by atoms with Crippen molar-refractivity contribution in [1.29, 1.82) is 0 Å². The second-order valence-electron chi connectivity index (χ2n) is 5.63. The van der Waals surface area contributed by atoms with E-state index in [0.717, 1.165) is 13.1 Å². The van der Waals surface area contributed by atoms with Crippen LogP contribution in [0.25, 0.3) is 0 Å². The van der Waals surface area contributed by atoms with Crippen LogP contribution in [0.5, 0.6) is 0 Å². The molecule has 19 heavy (non-hydrogen) atoms. The minimum atomic E-state index is 0.449. The smallest absolute Gasteiger partial charge is 0.0332 e. The second kappa shape index (κ2) is 7.04. The number of aryl methyl sites for hydroxylation is 1. The third-order valence-electron chi connectivity index (χ3n) is 4.14. The summed E-state index contributed by atoms with van der Waals surface area (Å²) in [5.74, 6) is 0. The molecule has 0 saturated carbocycles. The summed E-state index contributed by atoms with van der Waals surface area (Å²) in [4.78, 5) is 2.59. The maximum Gasteiger partial charge on any atom is 0.0332 e. The summed E-state index contributed by atoms with van der Waals surface area (Å²) >= 11 is 0. The summed E-state index contributed by atoms with van der Waals surface area (Å²) in [5, 5.41) is 6.89. The van der Waals surface area contributed by atoms with E-state index in [1.807, 2.05) is 0 Å². The zero-order valence-electron chi connectivity index (χ0n) is 12.4. The molecule has 1 aromatic carbocycles. The Balaban J connectivity index is 1.98. The molecule has 0 aliphatic carbocycles. The van der Waals surface area contributed by atoms with Gasteiger partial charge in [0.2, 0.25) is 0 Å². The van der Waals surface area contributed by atoms with Crippen LogP contribution in [0.2, 0.25) is 0 Å². The van der Waals surface area contributed by atoms with Crippen molar-refractivity contribution in [3.05, 3.63) is 35.4 Å². The van der Waals surface area contributed by atoms with E-state index < -0.39 is 0 Å². The van der Waals surface area contributed by atoms with Crippen LogP contribution in [-0.4, -0.2) is 44.2 Å². The SMILES string of the molecule is CNC(CC(C)N1CCNCC1)c1cccc(C)c1. The van der Waals surface area contributed by atoms with Crippen LogP contribution in [-0.2, 0) is 0 Å². The van der Waals surface area contributed by atoms with Crippen LogP contribution >= 0.6 is 0 Å². The van der Waals surface area contributed by atoms with Crippen molar-refractivity contribution in [3.63, 3.8) is 0 Å². The van der Waals surface area contributed by atoms with Crippen molar-refractivity contribution in [2.24, 2.45) is 0 Å². The molecule has 0 amide bonds. The first-order valence-corrected chi connectivity index (χ1v) is 7.39. The number of benzene rings is 1. The van der Waals surface area contributed by atoms with Crippen LogP contribution in [0.3, 0.4) is 0 Å². The number of nitrogens with one attached hydrogen (secondary N) is 2. The first kappa shape index (κ1) is 14.5. The normalized spacial score (nSPS) is 20.2. The number of piperazine rings is 1. The largest absolute Gasteiger partial charge is 0.314 e. The minimum absolute atomic E-state index is 0.449. The molecule has 1 aliphatic rings. The third kappa shape index (κ3) is 4.03. The molecule has 0 spiro atoms. The maximum absolute atomic E-state index is 3.47. The average Bonchev–Trinajstić information content (AvgIpc) is 2.45. The number of rotatable bonds is 5. The molecule has 3 nitrogen and oxygen atoms in total. The molecule has 0 radical (unpaired) electrons. The summed E-state index contributed by atoms with van der Waals surface area (Å²) in [6.45, 7) is 9.11. The number of hydrogen-bond acceptors (Lipinski definition) is 3. The first-order valence-electron chi connectivity index (χ1n) is 7.39. The lowest BCUT2D eigenvalue weighted by atomic mass is 9.97. The van der Waals surface area contributed by atoms with Crippen molar-refractivity contribution < 1.29 is 0 Å². The zero-order valence-corrected chi connectivity index (χ0v) is 12.4. The van der Waals surface area contributed by atoms with Crippen LogP contribution < -0.4 is 10.6 Å². The molecule has 3 heteroatoms. The van der Waals surface area contributed by atoms with Gasteiger partial charge in [0.15, 0.2) is 0 Å². The Morgan fingerprint density at radius 1 is 1.32 bits per heavy atom. The van der Waals surface area contributed by atoms with Gasteiger partial charge in [-0.15, -0.1) is 0 Å². The van der Waals surface area contributed by atoms with E-state index in [1.54, 1.807) is 0 Å². The zero-order chi connectivity index (χ0) is 13.7. The number of hydrogen-bond donors (Lipinski definition) is 2. The first-order chi connectivity index (χ1) is 9.20. The fourth-order valence-corrected chi connectivity index (χ4v) is 2.92. The lowest BCUT2D eigenvalue weighted by Gasteiger charge is -2.34. The van der Waals surface area contributed by atoms with Crippen LogP contribution in [0.1, 0.15) is 30.5 Å². The lowest BCUT2D eigenvalue weighted by Crippen LogP contribution is -2.48. The maximum atomic E-state index is 3.47. The molecular formula is C16H27N3. The van der Waals surface area contributed by atoms with Gasteiger partial charge < -0.3 is 10.6 Å². The molecule has 1 saturated heterocycles. The van der Waals surface area contributed by atoms with E-state index in [9.17, 15) is 0 Å². The Labute approximate surface area is 117 Å². The van der Waals surface area contributed by atoms with Gasteiger partial charge in [0.05, 0.1) is 0 Å². The highest BCUT2D eigenvalue weighted by Gasteiger charge is 2.20. The van der Waals surface area contributed by atoms with Gasteiger partial charge in [-0.05, 0) is 32.9 Å². The van der Waals surface area contributed by atoms with Gasteiger partial charge in [-0.3, -0.25) is 4.90 Å². The van der Waals surface area contributed by atoms with Crippen LogP contribution in [0, 0.1) is 6.92 Å². The Kier molecular flexibility index (Phi) is 5.37. The van der Waals surface area contributed by atoms with Gasteiger partial charge in [-0.1, -0.05) is 29.8 Å². The van der Waals surface area contributed by atoms with Gasteiger partial charge in [-0.2, -0.15) is 0 Å². The molecule has 2 unspecified atom stereocenters. The van der Waals surface area contributed by atoms with Gasteiger partial charge >= 0.3 is 0 Å². The monoisotopic (exact) mass is 261 g/mol. The predicted octanol–water partition coefficient (Wildman–Crippen LogP) is 1.94. The summed E-state index contributed by atoms with van der Waals surface area (Å²) in [6.07, 6.45) is 1.17. The van der Waals surface area contributed by atoms with Gasteiger partial charge in [0, 0.05) is 38.3 Å². The molecule has 2 rings (SSSR count). The molecule has 2 atom stereocenters. The fraction of sp³-hybridized carbons (Fsp3) is 0.625. The number of nitrogens with zero attached hydrogens (tertiary/aromatic N) is 1. The third-order valence-corrected chi connectivity index (χ3v) is 4.14. The standard InChI is InChI=1S/C16H27N3/c1-13-5-4-6-15(11-13)16(17-3)12-14(2)19-9-7-18-8-10-19/h4-6,11,14,16-18H,7-10,12H2,1-3H3. The van der Waals surface area contributed by atoms with E-state index >= 15 is 0 Å². The van der Waals surface area contributed by atoms with E-state index in [2.05, 4.69) is 60.7 Å². The second-order valence-corrected chi connectivity index (χ2v) is 5.63. The van der Waals surface area contributed by atoms with E-state index in [-0.39, 0.29) is 0 Å². The summed E-state index contributed by atoms with van der Waals surface area (Å²) < 4.78 is 0. The van der Waals surface area contributed by atoms with Crippen LogP contribution in [0.4, 0.5) is 0 Å². The van der Waals surface area contributed by atoms with Crippen molar-refractivity contribution in [2.45, 2.75) is 32.4 Å². The molecular weight excluding hydrogens is 234 g/mol. The Morgan fingerprint density at radius 3 is 2.68 bits per heavy atom. The quantitative estimate of drug-likeness (QED) is 0.848. The van der Waals surface area contributed by atoms with Gasteiger partial charge in [0.1, 0.15) is 0 Å². The molecule has 0 bridgehead atoms. The fourth-order valence-electron chi connectivity index (χ4n) is 2.92. The Bertz CT molecular complexity index is 385. The van der Waals surface area contributed by atoms with E-state index in [4.69, 9.17) is 0 Å². The topological polar surface area (TPSA) is 27.3 Å². The molecule has 1 heterocycles. The summed E-state index contributed by atoms with van der Waals surface area (Å²) in [7, 11) is 2.07.